The molecule has 0 aliphatic heterocycles. The van der Waals surface area contributed by atoms with Gasteiger partial charge < -0.3 is 15.0 Å². The average molecular weight is 378 g/mol. The Morgan fingerprint density at radius 3 is 2.71 bits per heavy atom. The van der Waals surface area contributed by atoms with E-state index in [1.165, 1.54) is 0 Å². The summed E-state index contributed by atoms with van der Waals surface area (Å²) in [5.41, 5.74) is 1.34. The van der Waals surface area contributed by atoms with Gasteiger partial charge in [-0.25, -0.2) is 9.97 Å². The molecule has 4 rings (SSSR count). The van der Waals surface area contributed by atoms with Gasteiger partial charge in [-0.05, 0) is 43.7 Å². The van der Waals surface area contributed by atoms with E-state index in [1.807, 2.05) is 0 Å². The number of amides is 2. The summed E-state index contributed by atoms with van der Waals surface area (Å²) >= 11 is 0. The summed E-state index contributed by atoms with van der Waals surface area (Å²) in [6.07, 6.45) is 12.2. The van der Waals surface area contributed by atoms with E-state index in [0.29, 0.717) is 29.5 Å². The molecule has 0 radical (unpaired) electrons. The molecule has 2 atom stereocenters. The minimum Gasteiger partial charge on any atom is -0.351 e. The van der Waals surface area contributed by atoms with Crippen LogP contribution in [0, 0.1) is 5.92 Å². The van der Waals surface area contributed by atoms with E-state index in [-0.39, 0.29) is 17.9 Å². The van der Waals surface area contributed by atoms with Gasteiger partial charge in [-0.1, -0.05) is 6.07 Å². The number of aromatic nitrogens is 4. The van der Waals surface area contributed by atoms with Crippen LogP contribution in [0.15, 0.2) is 49.2 Å². The first-order valence-electron chi connectivity index (χ1n) is 9.48. The van der Waals surface area contributed by atoms with E-state index in [9.17, 15) is 9.59 Å². The predicted octanol–water partition coefficient (Wildman–Crippen LogP) is 1.84. The lowest BCUT2D eigenvalue weighted by molar-refractivity contribution is 0.0931. The Kier molecular flexibility index (Phi) is 5.27. The molecule has 0 spiro atoms. The molecule has 0 aromatic carbocycles. The van der Waals surface area contributed by atoms with Crippen molar-refractivity contribution in [1.82, 2.24) is 30.0 Å². The standard InChI is InChI=1S/C20H22N6O2/c27-19(16-3-1-2-7-21-16)24-8-6-14-4-5-15(13-14)25-20(28)17-18-23-10-12-26(18)11-9-22-17/h1-3,7,9-12,14-15H,4-6,8,13H2,(H,24,27)(H,25,28). The monoisotopic (exact) mass is 378 g/mol. The van der Waals surface area contributed by atoms with Crippen LogP contribution in [0.3, 0.4) is 0 Å². The summed E-state index contributed by atoms with van der Waals surface area (Å²) in [5, 5.41) is 5.99. The van der Waals surface area contributed by atoms with Crippen molar-refractivity contribution in [1.29, 1.82) is 0 Å². The van der Waals surface area contributed by atoms with E-state index in [2.05, 4.69) is 25.6 Å². The van der Waals surface area contributed by atoms with Crippen LogP contribution in [0.2, 0.25) is 0 Å². The largest absolute Gasteiger partial charge is 0.351 e. The number of fused-ring (bicyclic) bond motifs is 1. The molecule has 2 amide bonds. The number of carbonyl (C=O) groups is 2. The maximum atomic E-state index is 12.6. The molecule has 144 valence electrons. The van der Waals surface area contributed by atoms with Crippen LogP contribution in [-0.2, 0) is 0 Å². The van der Waals surface area contributed by atoms with E-state index in [0.717, 1.165) is 25.7 Å². The molecule has 28 heavy (non-hydrogen) atoms. The normalized spacial score (nSPS) is 18.9. The van der Waals surface area contributed by atoms with Crippen LogP contribution >= 0.6 is 0 Å². The SMILES string of the molecule is O=C(NCCC1CCC(NC(=O)c2nccn3ccnc23)C1)c1ccccn1. The number of rotatable bonds is 6. The molecular formula is C20H22N6O2. The second kappa shape index (κ2) is 8.16. The van der Waals surface area contributed by atoms with Crippen molar-refractivity contribution in [3.63, 3.8) is 0 Å². The van der Waals surface area contributed by atoms with E-state index >= 15 is 0 Å². The Bertz CT molecular complexity index is 971. The first kappa shape index (κ1) is 18.1. The molecule has 0 bridgehead atoms. The molecular weight excluding hydrogens is 356 g/mol. The first-order chi connectivity index (χ1) is 13.7. The van der Waals surface area contributed by atoms with Gasteiger partial charge in [0.15, 0.2) is 11.3 Å². The smallest absolute Gasteiger partial charge is 0.273 e. The third-order valence-electron chi connectivity index (χ3n) is 5.14. The molecule has 0 saturated heterocycles. The fourth-order valence-corrected chi connectivity index (χ4v) is 3.71. The quantitative estimate of drug-likeness (QED) is 0.682. The molecule has 3 aromatic rings. The van der Waals surface area contributed by atoms with Crippen molar-refractivity contribution >= 4 is 17.5 Å². The summed E-state index contributed by atoms with van der Waals surface area (Å²) in [6.45, 7) is 0.607. The highest BCUT2D eigenvalue weighted by Gasteiger charge is 2.27. The van der Waals surface area contributed by atoms with Crippen molar-refractivity contribution in [2.75, 3.05) is 6.54 Å². The molecule has 8 nitrogen and oxygen atoms in total. The highest BCUT2D eigenvalue weighted by atomic mass is 16.2. The van der Waals surface area contributed by atoms with Crippen LogP contribution in [0.1, 0.15) is 46.7 Å². The molecule has 1 saturated carbocycles. The van der Waals surface area contributed by atoms with Crippen LogP contribution in [0.25, 0.3) is 5.65 Å². The minimum absolute atomic E-state index is 0.126. The molecule has 1 aliphatic carbocycles. The van der Waals surface area contributed by atoms with Crippen LogP contribution < -0.4 is 10.6 Å². The second-order valence-corrected chi connectivity index (χ2v) is 7.04. The van der Waals surface area contributed by atoms with Crippen molar-refractivity contribution in [2.45, 2.75) is 31.7 Å². The van der Waals surface area contributed by atoms with Gasteiger partial charge >= 0.3 is 0 Å². The maximum Gasteiger partial charge on any atom is 0.273 e. The Labute approximate surface area is 162 Å². The van der Waals surface area contributed by atoms with Crippen LogP contribution in [0.5, 0.6) is 0 Å². The lowest BCUT2D eigenvalue weighted by Crippen LogP contribution is -2.34. The zero-order valence-electron chi connectivity index (χ0n) is 15.4. The van der Waals surface area contributed by atoms with Gasteiger partial charge in [0.25, 0.3) is 11.8 Å². The fourth-order valence-electron chi connectivity index (χ4n) is 3.71. The van der Waals surface area contributed by atoms with Gasteiger partial charge in [-0.3, -0.25) is 14.6 Å². The van der Waals surface area contributed by atoms with Gasteiger partial charge in [0.1, 0.15) is 5.69 Å². The number of nitrogens with zero attached hydrogens (tertiary/aromatic N) is 4. The van der Waals surface area contributed by atoms with Crippen molar-refractivity contribution in [2.24, 2.45) is 5.92 Å². The highest BCUT2D eigenvalue weighted by molar-refractivity contribution is 5.97. The zero-order chi connectivity index (χ0) is 19.3. The van der Waals surface area contributed by atoms with E-state index < -0.39 is 0 Å². The lowest BCUT2D eigenvalue weighted by atomic mass is 10.0. The molecule has 3 aromatic heterocycles. The van der Waals surface area contributed by atoms with Gasteiger partial charge in [0.05, 0.1) is 0 Å². The molecule has 1 aliphatic rings. The Balaban J connectivity index is 1.25. The minimum atomic E-state index is -0.189. The summed E-state index contributed by atoms with van der Waals surface area (Å²) < 4.78 is 1.78. The number of hydrogen-bond donors (Lipinski definition) is 2. The number of nitrogens with one attached hydrogen (secondary N) is 2. The number of pyridine rings is 1. The number of carbonyl (C=O) groups excluding carboxylic acids is 2. The highest BCUT2D eigenvalue weighted by Crippen LogP contribution is 2.28. The molecule has 2 unspecified atom stereocenters. The van der Waals surface area contributed by atoms with Crippen LogP contribution in [-0.4, -0.2) is 43.8 Å². The van der Waals surface area contributed by atoms with Gasteiger partial charge in [-0.15, -0.1) is 0 Å². The summed E-state index contributed by atoms with van der Waals surface area (Å²) in [5.74, 6) is 0.137. The maximum absolute atomic E-state index is 12.6. The first-order valence-corrected chi connectivity index (χ1v) is 9.48. The zero-order valence-corrected chi connectivity index (χ0v) is 15.4. The molecule has 2 N–H and O–H groups in total. The number of imidazole rings is 1. The third-order valence-corrected chi connectivity index (χ3v) is 5.14. The topological polar surface area (TPSA) is 101 Å². The Morgan fingerprint density at radius 2 is 1.89 bits per heavy atom. The molecule has 8 heteroatoms. The van der Waals surface area contributed by atoms with Crippen molar-refractivity contribution < 1.29 is 9.59 Å². The summed E-state index contributed by atoms with van der Waals surface area (Å²) in [7, 11) is 0. The van der Waals surface area contributed by atoms with Gasteiger partial charge in [0, 0.05) is 43.6 Å². The Morgan fingerprint density at radius 1 is 1.04 bits per heavy atom. The van der Waals surface area contributed by atoms with E-state index in [1.54, 1.807) is 53.6 Å². The third kappa shape index (κ3) is 4.00. The molecule has 1 fully saturated rings. The van der Waals surface area contributed by atoms with Crippen molar-refractivity contribution in [3.8, 4) is 0 Å². The second-order valence-electron chi connectivity index (χ2n) is 7.04. The molecule has 3 heterocycles. The fraction of sp³-hybridized carbons (Fsp3) is 0.350. The predicted molar refractivity (Wildman–Crippen MR) is 103 cm³/mol. The average Bonchev–Trinajstić information content (AvgIpc) is 3.37. The summed E-state index contributed by atoms with van der Waals surface area (Å²) in [6, 6.07) is 5.41. The van der Waals surface area contributed by atoms with Crippen LogP contribution in [0.4, 0.5) is 0 Å². The van der Waals surface area contributed by atoms with Gasteiger partial charge in [-0.2, -0.15) is 0 Å². The van der Waals surface area contributed by atoms with Crippen molar-refractivity contribution in [3.05, 3.63) is 60.6 Å². The Hall–Kier alpha value is -3.29. The summed E-state index contributed by atoms with van der Waals surface area (Å²) in [4.78, 5) is 37.1. The van der Waals surface area contributed by atoms with E-state index in [4.69, 9.17) is 0 Å². The number of hydrogen-bond acceptors (Lipinski definition) is 5. The lowest BCUT2D eigenvalue weighted by Gasteiger charge is -2.14. The van der Waals surface area contributed by atoms with Gasteiger partial charge in [0.2, 0.25) is 0 Å².